The molecule has 0 bridgehead atoms. The van der Waals surface area contributed by atoms with Crippen molar-refractivity contribution in [1.82, 2.24) is 4.98 Å². The highest BCUT2D eigenvalue weighted by molar-refractivity contribution is 5.96. The van der Waals surface area contributed by atoms with E-state index < -0.39 is 5.97 Å². The van der Waals surface area contributed by atoms with Gasteiger partial charge < -0.3 is 10.0 Å². The van der Waals surface area contributed by atoms with Gasteiger partial charge in [-0.3, -0.25) is 4.79 Å². The van der Waals surface area contributed by atoms with Gasteiger partial charge in [0.25, 0.3) is 0 Å². The lowest BCUT2D eigenvalue weighted by Crippen LogP contribution is -2.24. The van der Waals surface area contributed by atoms with Crippen LogP contribution in [-0.2, 0) is 4.79 Å². The van der Waals surface area contributed by atoms with E-state index in [1.807, 2.05) is 0 Å². The van der Waals surface area contributed by atoms with Crippen LogP contribution in [0.2, 0.25) is 0 Å². The molecule has 1 saturated heterocycles. The standard InChI is InChI=1S/C10H10N2O3/c13-9-2-1-5-12(9)7-3-4-11-8(6-7)10(14)15/h3-4,6H,1-2,5H2,(H,14,15). The van der Waals surface area contributed by atoms with Crippen LogP contribution in [0.1, 0.15) is 23.3 Å². The second kappa shape index (κ2) is 3.68. The van der Waals surface area contributed by atoms with Gasteiger partial charge in [0.05, 0.1) is 0 Å². The topological polar surface area (TPSA) is 70.5 Å². The predicted octanol–water partition coefficient (Wildman–Crippen LogP) is 0.907. The molecular formula is C10H10N2O3. The number of hydrogen-bond donors (Lipinski definition) is 1. The summed E-state index contributed by atoms with van der Waals surface area (Å²) in [5.74, 6) is -1.04. The van der Waals surface area contributed by atoms with E-state index in [1.165, 1.54) is 12.3 Å². The smallest absolute Gasteiger partial charge is 0.354 e. The lowest BCUT2D eigenvalue weighted by Gasteiger charge is -2.15. The zero-order valence-electron chi connectivity index (χ0n) is 8.01. The third kappa shape index (κ3) is 1.81. The Bertz CT molecular complexity index is 417. The van der Waals surface area contributed by atoms with Gasteiger partial charge in [0.15, 0.2) is 0 Å². The Hall–Kier alpha value is -1.91. The summed E-state index contributed by atoms with van der Waals surface area (Å²) in [5, 5.41) is 8.75. The first kappa shape index (κ1) is 9.64. The predicted molar refractivity (Wildman–Crippen MR) is 52.8 cm³/mol. The van der Waals surface area contributed by atoms with E-state index >= 15 is 0 Å². The summed E-state index contributed by atoms with van der Waals surface area (Å²) >= 11 is 0. The fourth-order valence-electron chi connectivity index (χ4n) is 1.63. The van der Waals surface area contributed by atoms with Gasteiger partial charge >= 0.3 is 5.97 Å². The van der Waals surface area contributed by atoms with Crippen molar-refractivity contribution in [3.63, 3.8) is 0 Å². The minimum Gasteiger partial charge on any atom is -0.477 e. The third-order valence-electron chi connectivity index (χ3n) is 2.35. The zero-order valence-corrected chi connectivity index (χ0v) is 8.01. The molecule has 0 atom stereocenters. The maximum atomic E-state index is 11.4. The molecule has 1 aromatic rings. The van der Waals surface area contributed by atoms with Crippen molar-refractivity contribution < 1.29 is 14.7 Å². The summed E-state index contributed by atoms with van der Waals surface area (Å²) in [6.45, 7) is 0.655. The summed E-state index contributed by atoms with van der Waals surface area (Å²) in [6.07, 6.45) is 2.76. The minimum absolute atomic E-state index is 0.0350. The van der Waals surface area contributed by atoms with Crippen molar-refractivity contribution in [1.29, 1.82) is 0 Å². The number of carbonyl (C=O) groups is 2. The fourth-order valence-corrected chi connectivity index (χ4v) is 1.63. The minimum atomic E-state index is -1.08. The molecule has 2 heterocycles. The molecule has 1 amide bonds. The molecule has 0 aromatic carbocycles. The lowest BCUT2D eigenvalue weighted by molar-refractivity contribution is -0.117. The maximum absolute atomic E-state index is 11.4. The number of carboxylic acid groups (broad SMARTS) is 1. The Morgan fingerprint density at radius 3 is 2.93 bits per heavy atom. The molecule has 15 heavy (non-hydrogen) atoms. The highest BCUT2D eigenvalue weighted by Crippen LogP contribution is 2.21. The van der Waals surface area contributed by atoms with Gasteiger partial charge in [-0.1, -0.05) is 0 Å². The molecule has 5 nitrogen and oxygen atoms in total. The number of rotatable bonds is 2. The number of anilines is 1. The van der Waals surface area contributed by atoms with E-state index in [4.69, 9.17) is 5.11 Å². The van der Waals surface area contributed by atoms with E-state index in [0.717, 1.165) is 6.42 Å². The van der Waals surface area contributed by atoms with Crippen LogP contribution in [0.4, 0.5) is 5.69 Å². The Labute approximate surface area is 86.3 Å². The van der Waals surface area contributed by atoms with Crippen molar-refractivity contribution in [2.45, 2.75) is 12.8 Å². The average molecular weight is 206 g/mol. The van der Waals surface area contributed by atoms with Crippen molar-refractivity contribution in [3.05, 3.63) is 24.0 Å². The van der Waals surface area contributed by atoms with Crippen LogP contribution in [0, 0.1) is 0 Å². The number of carbonyl (C=O) groups excluding carboxylic acids is 1. The molecule has 1 fully saturated rings. The highest BCUT2D eigenvalue weighted by atomic mass is 16.4. The first-order valence-corrected chi connectivity index (χ1v) is 4.68. The van der Waals surface area contributed by atoms with Gasteiger partial charge in [0, 0.05) is 24.8 Å². The molecule has 0 saturated carbocycles. The molecule has 2 rings (SSSR count). The Morgan fingerprint density at radius 2 is 2.33 bits per heavy atom. The van der Waals surface area contributed by atoms with Gasteiger partial charge in [-0.15, -0.1) is 0 Å². The number of nitrogens with zero attached hydrogens (tertiary/aromatic N) is 2. The van der Waals surface area contributed by atoms with E-state index in [1.54, 1.807) is 11.0 Å². The van der Waals surface area contributed by atoms with Crippen LogP contribution in [0.5, 0.6) is 0 Å². The second-order valence-corrected chi connectivity index (χ2v) is 3.35. The monoisotopic (exact) mass is 206 g/mol. The second-order valence-electron chi connectivity index (χ2n) is 3.35. The van der Waals surface area contributed by atoms with Crippen molar-refractivity contribution >= 4 is 17.6 Å². The van der Waals surface area contributed by atoms with Crippen LogP contribution in [0.25, 0.3) is 0 Å². The number of hydrogen-bond acceptors (Lipinski definition) is 3. The molecular weight excluding hydrogens is 196 g/mol. The van der Waals surface area contributed by atoms with Gasteiger partial charge in [0.2, 0.25) is 5.91 Å². The first-order valence-electron chi connectivity index (χ1n) is 4.68. The molecule has 0 spiro atoms. The van der Waals surface area contributed by atoms with Crippen LogP contribution < -0.4 is 4.90 Å². The first-order chi connectivity index (χ1) is 7.18. The van der Waals surface area contributed by atoms with Crippen LogP contribution in [0.15, 0.2) is 18.3 Å². The van der Waals surface area contributed by atoms with E-state index in [-0.39, 0.29) is 11.6 Å². The molecule has 0 aliphatic carbocycles. The van der Waals surface area contributed by atoms with Crippen LogP contribution in [-0.4, -0.2) is 28.5 Å². The van der Waals surface area contributed by atoms with Crippen molar-refractivity contribution in [2.75, 3.05) is 11.4 Å². The van der Waals surface area contributed by atoms with Crippen molar-refractivity contribution in [2.24, 2.45) is 0 Å². The number of amides is 1. The summed E-state index contributed by atoms with van der Waals surface area (Å²) in [5.41, 5.74) is 0.581. The third-order valence-corrected chi connectivity index (χ3v) is 2.35. The van der Waals surface area contributed by atoms with Gasteiger partial charge in [-0.2, -0.15) is 0 Å². The van der Waals surface area contributed by atoms with Gasteiger partial charge in [0.1, 0.15) is 5.69 Å². The average Bonchev–Trinajstić information content (AvgIpc) is 2.64. The number of aromatic nitrogens is 1. The van der Waals surface area contributed by atoms with E-state index in [0.29, 0.717) is 18.7 Å². The molecule has 1 aromatic heterocycles. The quantitative estimate of drug-likeness (QED) is 0.780. The van der Waals surface area contributed by atoms with Gasteiger partial charge in [-0.05, 0) is 18.6 Å². The van der Waals surface area contributed by atoms with E-state index in [9.17, 15) is 9.59 Å². The Morgan fingerprint density at radius 1 is 1.53 bits per heavy atom. The largest absolute Gasteiger partial charge is 0.477 e. The molecule has 0 unspecified atom stereocenters. The summed E-state index contributed by atoms with van der Waals surface area (Å²) in [7, 11) is 0. The molecule has 1 aliphatic heterocycles. The summed E-state index contributed by atoms with van der Waals surface area (Å²) < 4.78 is 0. The SMILES string of the molecule is O=C(O)c1cc(N2CCCC2=O)ccn1. The van der Waals surface area contributed by atoms with E-state index in [2.05, 4.69) is 4.98 Å². The maximum Gasteiger partial charge on any atom is 0.354 e. The van der Waals surface area contributed by atoms with Crippen molar-refractivity contribution in [3.8, 4) is 0 Å². The Balaban J connectivity index is 2.32. The number of pyridine rings is 1. The van der Waals surface area contributed by atoms with Gasteiger partial charge in [-0.25, -0.2) is 9.78 Å². The zero-order chi connectivity index (χ0) is 10.8. The molecule has 78 valence electrons. The number of aromatic carboxylic acids is 1. The molecule has 5 heteroatoms. The molecule has 1 aliphatic rings. The Kier molecular flexibility index (Phi) is 2.37. The normalized spacial score (nSPS) is 15.7. The van der Waals surface area contributed by atoms with Crippen LogP contribution >= 0.6 is 0 Å². The molecule has 1 N–H and O–H groups in total. The van der Waals surface area contributed by atoms with Crippen LogP contribution in [0.3, 0.4) is 0 Å². The fraction of sp³-hybridized carbons (Fsp3) is 0.300. The highest BCUT2D eigenvalue weighted by Gasteiger charge is 2.22. The number of carboxylic acids is 1. The molecule has 0 radical (unpaired) electrons. The lowest BCUT2D eigenvalue weighted by atomic mass is 10.3. The summed E-state index contributed by atoms with van der Waals surface area (Å²) in [4.78, 5) is 27.4. The summed E-state index contributed by atoms with van der Waals surface area (Å²) in [6, 6.07) is 3.07.